The van der Waals surface area contributed by atoms with Crippen LogP contribution in [0.15, 0.2) is 18.5 Å². The molecule has 118 valence electrons. The van der Waals surface area contributed by atoms with Crippen LogP contribution in [0.1, 0.15) is 20.3 Å². The fourth-order valence-corrected chi connectivity index (χ4v) is 3.29. The highest BCUT2D eigenvalue weighted by molar-refractivity contribution is 6.36. The third kappa shape index (κ3) is 2.20. The molecule has 22 heavy (non-hydrogen) atoms. The van der Waals surface area contributed by atoms with Crippen LogP contribution in [-0.2, 0) is 4.74 Å². The maximum atomic E-state index is 6.38. The first kappa shape index (κ1) is 15.3. The van der Waals surface area contributed by atoms with Crippen LogP contribution >= 0.6 is 11.6 Å². The molecule has 1 aliphatic rings. The second kappa shape index (κ2) is 5.56. The number of fused-ring (bicyclic) bond motifs is 1. The molecule has 0 N–H and O–H groups in total. The molecule has 6 heteroatoms. The topological polar surface area (TPSA) is 47.5 Å². The second-order valence-corrected chi connectivity index (χ2v) is 6.23. The Morgan fingerprint density at radius 1 is 1.41 bits per heavy atom. The molecule has 0 spiro atoms. The molecule has 2 heterocycles. The van der Waals surface area contributed by atoms with Gasteiger partial charge in [0.25, 0.3) is 0 Å². The molecule has 1 aromatic carbocycles. The summed E-state index contributed by atoms with van der Waals surface area (Å²) in [4.78, 5) is 11.0. The molecule has 5 nitrogen and oxygen atoms in total. The lowest BCUT2D eigenvalue weighted by Gasteiger charge is -2.39. The SMILES string of the molecule is COc1ccc2c(N(C)C3(C)CCOC3C)ncnc2c1Cl. The third-order valence-electron chi connectivity index (χ3n) is 4.84. The molecule has 2 unspecified atom stereocenters. The number of hydrogen-bond acceptors (Lipinski definition) is 5. The average molecular weight is 322 g/mol. The number of anilines is 1. The first-order chi connectivity index (χ1) is 10.5. The van der Waals surface area contributed by atoms with E-state index in [9.17, 15) is 0 Å². The van der Waals surface area contributed by atoms with Gasteiger partial charge in [0.05, 0.1) is 24.3 Å². The molecule has 1 aromatic heterocycles. The molecule has 0 amide bonds. The van der Waals surface area contributed by atoms with Crippen LogP contribution in [0.2, 0.25) is 5.02 Å². The Morgan fingerprint density at radius 2 is 2.18 bits per heavy atom. The van der Waals surface area contributed by atoms with Gasteiger partial charge in [0.15, 0.2) is 0 Å². The average Bonchev–Trinajstić information content (AvgIpc) is 2.87. The summed E-state index contributed by atoms with van der Waals surface area (Å²) < 4.78 is 11.0. The summed E-state index contributed by atoms with van der Waals surface area (Å²) in [6.07, 6.45) is 2.64. The number of likely N-dealkylation sites (N-methyl/N-ethyl adjacent to an activating group) is 1. The number of ether oxygens (including phenoxy) is 2. The zero-order chi connectivity index (χ0) is 15.9. The molecule has 1 fully saturated rings. The summed E-state index contributed by atoms with van der Waals surface area (Å²) in [5.41, 5.74) is 0.598. The van der Waals surface area contributed by atoms with Crippen molar-refractivity contribution in [1.29, 1.82) is 0 Å². The quantitative estimate of drug-likeness (QED) is 0.868. The molecule has 0 radical (unpaired) electrons. The highest BCUT2D eigenvalue weighted by Gasteiger charge is 2.41. The van der Waals surface area contributed by atoms with Gasteiger partial charge in [-0.25, -0.2) is 9.97 Å². The van der Waals surface area contributed by atoms with Crippen LogP contribution in [0.25, 0.3) is 10.9 Å². The lowest BCUT2D eigenvalue weighted by molar-refractivity contribution is 0.0987. The van der Waals surface area contributed by atoms with E-state index in [2.05, 4.69) is 28.7 Å². The van der Waals surface area contributed by atoms with Crippen molar-refractivity contribution in [3.63, 3.8) is 0 Å². The molecule has 0 bridgehead atoms. The molecular weight excluding hydrogens is 302 g/mol. The lowest BCUT2D eigenvalue weighted by atomic mass is 9.92. The van der Waals surface area contributed by atoms with E-state index in [-0.39, 0.29) is 11.6 Å². The van der Waals surface area contributed by atoms with Crippen molar-refractivity contribution in [2.75, 3.05) is 25.7 Å². The Hall–Kier alpha value is -1.59. The van der Waals surface area contributed by atoms with E-state index in [0.717, 1.165) is 24.2 Å². The summed E-state index contributed by atoms with van der Waals surface area (Å²) >= 11 is 6.38. The monoisotopic (exact) mass is 321 g/mol. The Bertz CT molecular complexity index is 709. The molecule has 2 atom stereocenters. The van der Waals surface area contributed by atoms with Gasteiger partial charge in [0, 0.05) is 19.0 Å². The van der Waals surface area contributed by atoms with Gasteiger partial charge in [-0.15, -0.1) is 0 Å². The van der Waals surface area contributed by atoms with Gasteiger partial charge < -0.3 is 14.4 Å². The van der Waals surface area contributed by atoms with Crippen molar-refractivity contribution in [1.82, 2.24) is 9.97 Å². The van der Waals surface area contributed by atoms with Gasteiger partial charge in [-0.05, 0) is 32.4 Å². The van der Waals surface area contributed by atoms with Gasteiger partial charge in [-0.1, -0.05) is 11.6 Å². The molecule has 3 rings (SSSR count). The number of rotatable bonds is 3. The van der Waals surface area contributed by atoms with Crippen molar-refractivity contribution in [2.45, 2.75) is 31.9 Å². The van der Waals surface area contributed by atoms with E-state index in [0.29, 0.717) is 16.3 Å². The number of methoxy groups -OCH3 is 1. The van der Waals surface area contributed by atoms with Crippen LogP contribution in [0.4, 0.5) is 5.82 Å². The number of benzene rings is 1. The summed E-state index contributed by atoms with van der Waals surface area (Å²) in [6, 6.07) is 3.80. The largest absolute Gasteiger partial charge is 0.495 e. The van der Waals surface area contributed by atoms with E-state index in [1.807, 2.05) is 19.2 Å². The van der Waals surface area contributed by atoms with Gasteiger partial charge >= 0.3 is 0 Å². The number of aromatic nitrogens is 2. The zero-order valence-electron chi connectivity index (χ0n) is 13.3. The van der Waals surface area contributed by atoms with Gasteiger partial charge in [-0.3, -0.25) is 0 Å². The first-order valence-corrected chi connectivity index (χ1v) is 7.69. The minimum Gasteiger partial charge on any atom is -0.495 e. The minimum absolute atomic E-state index is 0.103. The summed E-state index contributed by atoms with van der Waals surface area (Å²) in [6.45, 7) is 5.06. The normalized spacial score (nSPS) is 24.7. The number of hydrogen-bond donors (Lipinski definition) is 0. The summed E-state index contributed by atoms with van der Waals surface area (Å²) in [7, 11) is 3.64. The van der Waals surface area contributed by atoms with E-state index in [1.165, 1.54) is 0 Å². The summed E-state index contributed by atoms with van der Waals surface area (Å²) in [5, 5.41) is 1.43. The van der Waals surface area contributed by atoms with Crippen molar-refractivity contribution < 1.29 is 9.47 Å². The van der Waals surface area contributed by atoms with E-state index in [1.54, 1.807) is 13.4 Å². The van der Waals surface area contributed by atoms with Crippen LogP contribution in [0.3, 0.4) is 0 Å². The van der Waals surface area contributed by atoms with E-state index >= 15 is 0 Å². The van der Waals surface area contributed by atoms with Crippen LogP contribution < -0.4 is 9.64 Å². The molecule has 2 aromatic rings. The van der Waals surface area contributed by atoms with Crippen LogP contribution in [0, 0.1) is 0 Å². The van der Waals surface area contributed by atoms with Crippen LogP contribution in [0.5, 0.6) is 5.75 Å². The third-order valence-corrected chi connectivity index (χ3v) is 5.21. The molecule has 0 aliphatic carbocycles. The molecule has 0 saturated carbocycles. The molecule has 1 aliphatic heterocycles. The zero-order valence-corrected chi connectivity index (χ0v) is 14.0. The maximum Gasteiger partial charge on any atom is 0.140 e. The second-order valence-electron chi connectivity index (χ2n) is 5.85. The molecule has 1 saturated heterocycles. The Balaban J connectivity index is 2.13. The Morgan fingerprint density at radius 3 is 2.82 bits per heavy atom. The van der Waals surface area contributed by atoms with Gasteiger partial charge in [0.1, 0.15) is 22.9 Å². The van der Waals surface area contributed by atoms with Gasteiger partial charge in [0.2, 0.25) is 0 Å². The Kier molecular flexibility index (Phi) is 3.87. The fourth-order valence-electron chi connectivity index (χ4n) is 3.00. The Labute approximate surface area is 135 Å². The first-order valence-electron chi connectivity index (χ1n) is 7.31. The highest BCUT2D eigenvalue weighted by atomic mass is 35.5. The van der Waals surface area contributed by atoms with E-state index in [4.69, 9.17) is 21.1 Å². The van der Waals surface area contributed by atoms with Crippen LogP contribution in [-0.4, -0.2) is 42.4 Å². The van der Waals surface area contributed by atoms with Crippen molar-refractivity contribution in [3.8, 4) is 5.75 Å². The predicted octanol–water partition coefficient (Wildman–Crippen LogP) is 3.30. The van der Waals surface area contributed by atoms with E-state index < -0.39 is 0 Å². The number of nitrogens with zero attached hydrogens (tertiary/aromatic N) is 3. The van der Waals surface area contributed by atoms with Crippen molar-refractivity contribution in [2.24, 2.45) is 0 Å². The van der Waals surface area contributed by atoms with Crippen molar-refractivity contribution >= 4 is 28.3 Å². The smallest absolute Gasteiger partial charge is 0.140 e. The standard InChI is InChI=1S/C16H20ClN3O2/c1-10-16(2,7-8-22-10)20(3)15-11-5-6-12(21-4)13(17)14(11)18-9-19-15/h5-6,9-10H,7-8H2,1-4H3. The van der Waals surface area contributed by atoms with Crippen molar-refractivity contribution in [3.05, 3.63) is 23.5 Å². The number of halogens is 1. The fraction of sp³-hybridized carbons (Fsp3) is 0.500. The predicted molar refractivity (Wildman–Crippen MR) is 87.9 cm³/mol. The maximum absolute atomic E-state index is 6.38. The summed E-state index contributed by atoms with van der Waals surface area (Å²) in [5.74, 6) is 1.47. The molecular formula is C16H20ClN3O2. The van der Waals surface area contributed by atoms with Gasteiger partial charge in [-0.2, -0.15) is 0 Å². The lowest BCUT2D eigenvalue weighted by Crippen LogP contribution is -2.49. The highest BCUT2D eigenvalue weighted by Crippen LogP contribution is 2.39. The minimum atomic E-state index is -0.103.